The van der Waals surface area contributed by atoms with E-state index in [-0.39, 0.29) is 5.78 Å². The Balaban J connectivity index is 1.72. The second-order valence-electron chi connectivity index (χ2n) is 7.87. The van der Waals surface area contributed by atoms with Crippen LogP contribution in [0.15, 0.2) is 47.7 Å². The van der Waals surface area contributed by atoms with Gasteiger partial charge in [0.15, 0.2) is 23.1 Å². The Kier molecular flexibility index (Phi) is 5.46. The fraction of sp³-hybridized carbons (Fsp3) is 0.292. The zero-order valence-corrected chi connectivity index (χ0v) is 19.3. The standard InChI is InChI=1S/C24H23ClN4O4/c1-31-18-11-14(12-19(32-2)22(18)33-3)21-20-16(8-5-9-17(20)30)26-24-27-23(28-29(21)24)13-6-4-7-15(25)10-13/h4,6-7,10-12,21H,5,8-9H2,1-3H3,(H,26,27,28). The van der Waals surface area contributed by atoms with Crippen molar-refractivity contribution in [3.8, 4) is 28.6 Å². The number of nitrogens with zero attached hydrogens (tertiary/aromatic N) is 3. The number of allylic oxidation sites excluding steroid dienone is 2. The first kappa shape index (κ1) is 21.3. The van der Waals surface area contributed by atoms with Gasteiger partial charge >= 0.3 is 0 Å². The Labute approximate surface area is 196 Å². The molecule has 0 bridgehead atoms. The predicted octanol–water partition coefficient (Wildman–Crippen LogP) is 4.65. The van der Waals surface area contributed by atoms with E-state index in [0.717, 1.165) is 29.7 Å². The number of methoxy groups -OCH3 is 3. The number of hydrogen-bond donors (Lipinski definition) is 1. The summed E-state index contributed by atoms with van der Waals surface area (Å²) in [6, 6.07) is 10.6. The van der Waals surface area contributed by atoms with E-state index in [9.17, 15) is 4.79 Å². The molecule has 33 heavy (non-hydrogen) atoms. The number of halogens is 1. The maximum Gasteiger partial charge on any atom is 0.226 e. The number of aromatic nitrogens is 3. The number of fused-ring (bicyclic) bond motifs is 1. The second kappa shape index (κ2) is 8.44. The van der Waals surface area contributed by atoms with Crippen molar-refractivity contribution < 1.29 is 19.0 Å². The molecule has 1 N–H and O–H groups in total. The quantitative estimate of drug-likeness (QED) is 0.585. The molecular weight excluding hydrogens is 444 g/mol. The number of ketones is 1. The largest absolute Gasteiger partial charge is 0.493 e. The van der Waals surface area contributed by atoms with Gasteiger partial charge in [-0.1, -0.05) is 23.7 Å². The van der Waals surface area contributed by atoms with Crippen molar-refractivity contribution in [2.45, 2.75) is 25.3 Å². The molecular formula is C24H23ClN4O4. The zero-order chi connectivity index (χ0) is 23.1. The third-order valence-corrected chi connectivity index (χ3v) is 6.19. The van der Waals surface area contributed by atoms with Gasteiger partial charge in [0, 0.05) is 28.3 Å². The van der Waals surface area contributed by atoms with E-state index in [1.54, 1.807) is 32.1 Å². The number of benzene rings is 2. The minimum Gasteiger partial charge on any atom is -0.493 e. The number of hydrogen-bond acceptors (Lipinski definition) is 7. The molecule has 3 aromatic rings. The second-order valence-corrected chi connectivity index (χ2v) is 8.31. The number of carbonyl (C=O) groups is 1. The topological polar surface area (TPSA) is 87.5 Å². The van der Waals surface area contributed by atoms with Crippen LogP contribution >= 0.6 is 11.6 Å². The van der Waals surface area contributed by atoms with E-state index < -0.39 is 6.04 Å². The van der Waals surface area contributed by atoms with Gasteiger partial charge in [-0.25, -0.2) is 4.68 Å². The number of carbonyl (C=O) groups excluding carboxylic acids is 1. The van der Waals surface area contributed by atoms with Gasteiger partial charge in [0.25, 0.3) is 0 Å². The lowest BCUT2D eigenvalue weighted by atomic mass is 9.85. The van der Waals surface area contributed by atoms with E-state index in [4.69, 9.17) is 35.9 Å². The van der Waals surface area contributed by atoms with Crippen LogP contribution in [0.5, 0.6) is 17.2 Å². The van der Waals surface area contributed by atoms with Gasteiger partial charge in [-0.05, 0) is 42.7 Å². The Hall–Kier alpha value is -3.52. The summed E-state index contributed by atoms with van der Waals surface area (Å²) < 4.78 is 18.4. The summed E-state index contributed by atoms with van der Waals surface area (Å²) in [6.45, 7) is 0. The van der Waals surface area contributed by atoms with Crippen molar-refractivity contribution in [2.75, 3.05) is 26.6 Å². The van der Waals surface area contributed by atoms with Crippen LogP contribution < -0.4 is 19.5 Å². The molecule has 0 saturated carbocycles. The van der Waals surface area contributed by atoms with Gasteiger partial charge in [-0.2, -0.15) is 4.98 Å². The molecule has 1 aliphatic heterocycles. The summed E-state index contributed by atoms with van der Waals surface area (Å²) in [5.41, 5.74) is 3.14. The van der Waals surface area contributed by atoms with Gasteiger partial charge in [-0.15, -0.1) is 5.10 Å². The lowest BCUT2D eigenvalue weighted by Gasteiger charge is -2.32. The van der Waals surface area contributed by atoms with Crippen molar-refractivity contribution in [1.82, 2.24) is 14.8 Å². The molecule has 9 heteroatoms. The smallest absolute Gasteiger partial charge is 0.226 e. The molecule has 1 unspecified atom stereocenters. The van der Waals surface area contributed by atoms with Gasteiger partial charge in [0.05, 0.1) is 21.3 Å². The van der Waals surface area contributed by atoms with Crippen LogP contribution in [-0.4, -0.2) is 41.9 Å². The minimum atomic E-state index is -0.488. The van der Waals surface area contributed by atoms with Crippen LogP contribution in [0.3, 0.4) is 0 Å². The number of rotatable bonds is 5. The molecule has 1 atom stereocenters. The molecule has 170 valence electrons. The molecule has 0 spiro atoms. The maximum atomic E-state index is 13.1. The first-order valence-electron chi connectivity index (χ1n) is 10.6. The van der Waals surface area contributed by atoms with Gasteiger partial charge < -0.3 is 19.5 Å². The highest BCUT2D eigenvalue weighted by Crippen LogP contribution is 2.45. The highest BCUT2D eigenvalue weighted by atomic mass is 35.5. The third kappa shape index (κ3) is 3.60. The molecule has 0 radical (unpaired) electrons. The van der Waals surface area contributed by atoms with Crippen LogP contribution in [0.25, 0.3) is 11.4 Å². The normalized spacial score (nSPS) is 17.2. The van der Waals surface area contributed by atoms with Crippen LogP contribution in [0, 0.1) is 0 Å². The molecule has 0 amide bonds. The summed E-state index contributed by atoms with van der Waals surface area (Å²) in [5, 5.41) is 8.72. The van der Waals surface area contributed by atoms with Gasteiger partial charge in [0.2, 0.25) is 11.7 Å². The molecule has 8 nitrogen and oxygen atoms in total. The molecule has 2 aliphatic rings. The Morgan fingerprint density at radius 2 is 1.82 bits per heavy atom. The molecule has 0 fully saturated rings. The number of anilines is 1. The average Bonchev–Trinajstić information content (AvgIpc) is 3.25. The molecule has 5 rings (SSSR count). The summed E-state index contributed by atoms with van der Waals surface area (Å²) in [5.74, 6) is 2.68. The Morgan fingerprint density at radius 3 is 2.48 bits per heavy atom. The molecule has 1 aliphatic carbocycles. The maximum absolute atomic E-state index is 13.1. The molecule has 2 aromatic carbocycles. The van der Waals surface area contributed by atoms with Gasteiger partial charge in [0.1, 0.15) is 6.04 Å². The van der Waals surface area contributed by atoms with Crippen LogP contribution in [-0.2, 0) is 4.79 Å². The van der Waals surface area contributed by atoms with E-state index in [1.165, 1.54) is 0 Å². The van der Waals surface area contributed by atoms with E-state index in [2.05, 4.69) is 5.32 Å². The Morgan fingerprint density at radius 1 is 1.06 bits per heavy atom. The van der Waals surface area contributed by atoms with E-state index in [1.807, 2.05) is 30.3 Å². The number of Topliss-reactive ketones (excluding diaryl/α,β-unsaturated/α-hetero) is 1. The van der Waals surface area contributed by atoms with Crippen molar-refractivity contribution in [3.05, 3.63) is 58.3 Å². The zero-order valence-electron chi connectivity index (χ0n) is 18.5. The van der Waals surface area contributed by atoms with E-state index in [0.29, 0.717) is 46.0 Å². The van der Waals surface area contributed by atoms with Crippen molar-refractivity contribution in [2.24, 2.45) is 0 Å². The SMILES string of the molecule is COc1cc(C2C3=C(CCCC3=O)Nc3nc(-c4cccc(Cl)c4)nn32)cc(OC)c1OC. The minimum absolute atomic E-state index is 0.0907. The fourth-order valence-corrected chi connectivity index (χ4v) is 4.66. The van der Waals surface area contributed by atoms with Crippen molar-refractivity contribution >= 4 is 23.3 Å². The lowest BCUT2D eigenvalue weighted by Crippen LogP contribution is -2.31. The average molecular weight is 467 g/mol. The molecule has 2 heterocycles. The van der Waals surface area contributed by atoms with Crippen LogP contribution in [0.4, 0.5) is 5.95 Å². The number of nitrogens with one attached hydrogen (secondary N) is 1. The fourth-order valence-electron chi connectivity index (χ4n) is 4.47. The van der Waals surface area contributed by atoms with Crippen LogP contribution in [0.2, 0.25) is 5.02 Å². The van der Waals surface area contributed by atoms with Gasteiger partial charge in [-0.3, -0.25) is 4.79 Å². The highest BCUT2D eigenvalue weighted by molar-refractivity contribution is 6.30. The highest BCUT2D eigenvalue weighted by Gasteiger charge is 2.37. The molecule has 1 aromatic heterocycles. The summed E-state index contributed by atoms with van der Waals surface area (Å²) in [7, 11) is 4.69. The predicted molar refractivity (Wildman–Crippen MR) is 124 cm³/mol. The van der Waals surface area contributed by atoms with Crippen molar-refractivity contribution in [3.63, 3.8) is 0 Å². The first-order chi connectivity index (χ1) is 16.0. The first-order valence-corrected chi connectivity index (χ1v) is 11.0. The number of ether oxygens (including phenoxy) is 3. The summed E-state index contributed by atoms with van der Waals surface area (Å²) >= 11 is 6.19. The Bertz CT molecular complexity index is 1260. The summed E-state index contributed by atoms with van der Waals surface area (Å²) in [6.07, 6.45) is 2.05. The molecule has 0 saturated heterocycles. The summed E-state index contributed by atoms with van der Waals surface area (Å²) in [4.78, 5) is 17.8. The monoisotopic (exact) mass is 466 g/mol. The lowest BCUT2D eigenvalue weighted by molar-refractivity contribution is -0.116. The third-order valence-electron chi connectivity index (χ3n) is 5.95. The van der Waals surface area contributed by atoms with Crippen LogP contribution in [0.1, 0.15) is 30.9 Å². The van der Waals surface area contributed by atoms with Crippen molar-refractivity contribution in [1.29, 1.82) is 0 Å². The van der Waals surface area contributed by atoms with E-state index >= 15 is 0 Å².